The molecule has 0 radical (unpaired) electrons. The summed E-state index contributed by atoms with van der Waals surface area (Å²) < 4.78 is 0. The van der Waals surface area contributed by atoms with Gasteiger partial charge >= 0.3 is 0 Å². The molecule has 2 aromatic carbocycles. The first kappa shape index (κ1) is 14.6. The fourth-order valence-electron chi connectivity index (χ4n) is 2.05. The normalized spacial score (nSPS) is 10.6. The smallest absolute Gasteiger partial charge is 0.255 e. The van der Waals surface area contributed by atoms with Crippen molar-refractivity contribution in [1.82, 2.24) is 0 Å². The molecule has 0 aliphatic heterocycles. The van der Waals surface area contributed by atoms with E-state index in [2.05, 4.69) is 19.2 Å². The van der Waals surface area contributed by atoms with Crippen molar-refractivity contribution in [3.8, 4) is 0 Å². The van der Waals surface area contributed by atoms with E-state index in [0.717, 1.165) is 16.8 Å². The molecule has 2 aromatic rings. The molecule has 0 aromatic heterocycles. The number of hydrogen-bond donors (Lipinski definition) is 1. The first-order chi connectivity index (χ1) is 9.61. The molecule has 0 atom stereocenters. The summed E-state index contributed by atoms with van der Waals surface area (Å²) in [6.45, 7) is 4.22. The first-order valence-corrected chi connectivity index (χ1v) is 7.20. The second kappa shape index (κ2) is 6.58. The molecule has 2 nitrogen and oxygen atoms in total. The topological polar surface area (TPSA) is 29.1 Å². The highest BCUT2D eigenvalue weighted by Gasteiger charge is 2.10. The number of carbonyl (C=O) groups is 1. The predicted octanol–water partition coefficient (Wildman–Crippen LogP) is 4.80. The molecule has 1 N–H and O–H groups in total. The molecule has 0 saturated carbocycles. The largest absolute Gasteiger partial charge is 0.322 e. The monoisotopic (exact) mass is 287 g/mol. The second-order valence-electron chi connectivity index (χ2n) is 5.03. The van der Waals surface area contributed by atoms with Crippen molar-refractivity contribution in [3.63, 3.8) is 0 Å². The Hall–Kier alpha value is -1.80. The van der Waals surface area contributed by atoms with Crippen LogP contribution in [0.15, 0.2) is 48.5 Å². The van der Waals surface area contributed by atoms with Crippen molar-refractivity contribution in [3.05, 3.63) is 65.2 Å². The molecule has 0 aliphatic rings. The van der Waals surface area contributed by atoms with Gasteiger partial charge in [-0.1, -0.05) is 44.2 Å². The molecule has 104 valence electrons. The molecule has 1 amide bonds. The van der Waals surface area contributed by atoms with Gasteiger partial charge in [0.15, 0.2) is 0 Å². The van der Waals surface area contributed by atoms with E-state index < -0.39 is 0 Å². The Kier molecular flexibility index (Phi) is 4.80. The molecule has 0 fully saturated rings. The number of nitrogens with one attached hydrogen (secondary N) is 1. The van der Waals surface area contributed by atoms with Gasteiger partial charge in [0.2, 0.25) is 0 Å². The minimum atomic E-state index is -0.0979. The predicted molar refractivity (Wildman–Crippen MR) is 84.5 cm³/mol. The Labute approximate surface area is 124 Å². The van der Waals surface area contributed by atoms with E-state index in [1.807, 2.05) is 36.4 Å². The SMILES string of the molecule is CC(C)c1ccccc1NC(=O)c1ccc(CCl)cc1. The maximum Gasteiger partial charge on any atom is 0.255 e. The molecule has 3 heteroatoms. The van der Waals surface area contributed by atoms with Crippen LogP contribution in [0.25, 0.3) is 0 Å². The molecule has 0 unspecified atom stereocenters. The summed E-state index contributed by atoms with van der Waals surface area (Å²) in [5.41, 5.74) is 3.65. The van der Waals surface area contributed by atoms with Crippen LogP contribution in [0.3, 0.4) is 0 Å². The lowest BCUT2D eigenvalue weighted by atomic mass is 10.0. The van der Waals surface area contributed by atoms with E-state index in [0.29, 0.717) is 17.4 Å². The Morgan fingerprint density at radius 2 is 1.75 bits per heavy atom. The van der Waals surface area contributed by atoms with Gasteiger partial charge < -0.3 is 5.32 Å². The number of rotatable bonds is 4. The van der Waals surface area contributed by atoms with Crippen LogP contribution < -0.4 is 5.32 Å². The van der Waals surface area contributed by atoms with E-state index >= 15 is 0 Å². The molecule has 0 aliphatic carbocycles. The number of hydrogen-bond acceptors (Lipinski definition) is 1. The van der Waals surface area contributed by atoms with E-state index in [-0.39, 0.29) is 5.91 Å². The minimum absolute atomic E-state index is 0.0979. The van der Waals surface area contributed by atoms with Crippen molar-refractivity contribution >= 4 is 23.2 Å². The summed E-state index contributed by atoms with van der Waals surface area (Å²) in [4.78, 5) is 12.2. The van der Waals surface area contributed by atoms with Crippen molar-refractivity contribution in [2.45, 2.75) is 25.6 Å². The molecular weight excluding hydrogens is 270 g/mol. The number of para-hydroxylation sites is 1. The van der Waals surface area contributed by atoms with Crippen LogP contribution in [-0.2, 0) is 5.88 Å². The van der Waals surface area contributed by atoms with Crippen molar-refractivity contribution in [1.29, 1.82) is 0 Å². The van der Waals surface area contributed by atoms with Gasteiger partial charge in [-0.3, -0.25) is 4.79 Å². The van der Waals surface area contributed by atoms with Crippen LogP contribution in [0.4, 0.5) is 5.69 Å². The molecule has 0 bridgehead atoms. The molecule has 0 saturated heterocycles. The summed E-state index contributed by atoms with van der Waals surface area (Å²) >= 11 is 5.74. The number of benzene rings is 2. The van der Waals surface area contributed by atoms with Gasteiger partial charge in [0, 0.05) is 17.1 Å². The summed E-state index contributed by atoms with van der Waals surface area (Å²) in [5, 5.41) is 2.97. The standard InChI is InChI=1S/C17H18ClNO/c1-12(2)15-5-3-4-6-16(15)19-17(20)14-9-7-13(11-18)8-10-14/h3-10,12H,11H2,1-2H3,(H,19,20). The minimum Gasteiger partial charge on any atom is -0.322 e. The molecule has 20 heavy (non-hydrogen) atoms. The van der Waals surface area contributed by atoms with Gasteiger partial charge in [0.1, 0.15) is 0 Å². The summed E-state index contributed by atoms with van der Waals surface area (Å²) in [7, 11) is 0. The van der Waals surface area contributed by atoms with Crippen molar-refractivity contribution in [2.75, 3.05) is 5.32 Å². The van der Waals surface area contributed by atoms with Crippen LogP contribution in [0.5, 0.6) is 0 Å². The van der Waals surface area contributed by atoms with E-state index in [9.17, 15) is 4.79 Å². The highest BCUT2D eigenvalue weighted by Crippen LogP contribution is 2.24. The van der Waals surface area contributed by atoms with Gasteiger partial charge in [0.05, 0.1) is 0 Å². The van der Waals surface area contributed by atoms with E-state index in [1.54, 1.807) is 12.1 Å². The van der Waals surface area contributed by atoms with Gasteiger partial charge in [-0.2, -0.15) is 0 Å². The summed E-state index contributed by atoms with van der Waals surface area (Å²) in [5.74, 6) is 0.724. The Morgan fingerprint density at radius 3 is 2.35 bits per heavy atom. The Balaban J connectivity index is 2.19. The molecule has 0 heterocycles. The quantitative estimate of drug-likeness (QED) is 0.804. The number of alkyl halides is 1. The zero-order chi connectivity index (χ0) is 14.5. The second-order valence-corrected chi connectivity index (χ2v) is 5.29. The van der Waals surface area contributed by atoms with E-state index in [1.165, 1.54) is 0 Å². The number of carbonyl (C=O) groups excluding carboxylic acids is 1. The zero-order valence-corrected chi connectivity index (χ0v) is 12.4. The third-order valence-electron chi connectivity index (χ3n) is 3.20. The van der Waals surface area contributed by atoms with Gasteiger partial charge in [0.25, 0.3) is 5.91 Å². The average Bonchev–Trinajstić information content (AvgIpc) is 2.47. The lowest BCUT2D eigenvalue weighted by molar-refractivity contribution is 0.102. The van der Waals surface area contributed by atoms with Crippen LogP contribution in [0.2, 0.25) is 0 Å². The van der Waals surface area contributed by atoms with Crippen LogP contribution in [0.1, 0.15) is 41.3 Å². The average molecular weight is 288 g/mol. The molecule has 2 rings (SSSR count). The third kappa shape index (κ3) is 3.40. The lowest BCUT2D eigenvalue weighted by Gasteiger charge is -2.13. The number of halogens is 1. The van der Waals surface area contributed by atoms with E-state index in [4.69, 9.17) is 11.6 Å². The fraction of sp³-hybridized carbons (Fsp3) is 0.235. The van der Waals surface area contributed by atoms with Crippen molar-refractivity contribution < 1.29 is 4.79 Å². The number of anilines is 1. The van der Waals surface area contributed by atoms with Gasteiger partial charge in [-0.15, -0.1) is 11.6 Å². The number of amides is 1. The Bertz CT molecular complexity index is 590. The van der Waals surface area contributed by atoms with Crippen LogP contribution in [-0.4, -0.2) is 5.91 Å². The zero-order valence-electron chi connectivity index (χ0n) is 11.7. The Morgan fingerprint density at radius 1 is 1.10 bits per heavy atom. The highest BCUT2D eigenvalue weighted by molar-refractivity contribution is 6.17. The van der Waals surface area contributed by atoms with Crippen molar-refractivity contribution in [2.24, 2.45) is 0 Å². The molecular formula is C17H18ClNO. The van der Waals surface area contributed by atoms with Gasteiger partial charge in [-0.25, -0.2) is 0 Å². The van der Waals surface area contributed by atoms with Crippen LogP contribution in [0, 0.1) is 0 Å². The maximum atomic E-state index is 12.2. The van der Waals surface area contributed by atoms with Gasteiger partial charge in [-0.05, 0) is 35.2 Å². The maximum absolute atomic E-state index is 12.2. The third-order valence-corrected chi connectivity index (χ3v) is 3.51. The lowest BCUT2D eigenvalue weighted by Crippen LogP contribution is -2.13. The highest BCUT2D eigenvalue weighted by atomic mass is 35.5. The summed E-state index contributed by atoms with van der Waals surface area (Å²) in [6, 6.07) is 15.2. The first-order valence-electron chi connectivity index (χ1n) is 6.67. The fourth-order valence-corrected chi connectivity index (χ4v) is 2.23. The summed E-state index contributed by atoms with van der Waals surface area (Å²) in [6.07, 6.45) is 0. The van der Waals surface area contributed by atoms with Crippen LogP contribution >= 0.6 is 11.6 Å². The molecule has 0 spiro atoms.